The Bertz CT molecular complexity index is 1000. The molecule has 0 radical (unpaired) electrons. The fraction of sp³-hybridized carbons (Fsp3) is 0.368. The second kappa shape index (κ2) is 8.51. The Balaban J connectivity index is 1.65. The minimum absolute atomic E-state index is 0.207. The molecule has 9 heteroatoms. The lowest BCUT2D eigenvalue weighted by Crippen LogP contribution is -2.43. The van der Waals surface area contributed by atoms with Gasteiger partial charge in [0.05, 0.1) is 23.4 Å². The van der Waals surface area contributed by atoms with Crippen molar-refractivity contribution in [1.82, 2.24) is 9.88 Å². The Morgan fingerprint density at radius 3 is 2.82 bits per heavy atom. The molecule has 0 saturated carbocycles. The summed E-state index contributed by atoms with van der Waals surface area (Å²) in [7, 11) is 0. The summed E-state index contributed by atoms with van der Waals surface area (Å²) in [6.07, 6.45) is 0. The lowest BCUT2D eigenvalue weighted by Gasteiger charge is -2.28. The van der Waals surface area contributed by atoms with Crippen molar-refractivity contribution in [1.29, 1.82) is 0 Å². The number of rotatable bonds is 5. The minimum atomic E-state index is -0.207. The van der Waals surface area contributed by atoms with Gasteiger partial charge in [-0.2, -0.15) is 0 Å². The van der Waals surface area contributed by atoms with E-state index < -0.39 is 0 Å². The van der Waals surface area contributed by atoms with Crippen LogP contribution in [0.25, 0.3) is 10.2 Å². The molecule has 2 aromatic heterocycles. The Morgan fingerprint density at radius 2 is 2.11 bits per heavy atom. The summed E-state index contributed by atoms with van der Waals surface area (Å²) >= 11 is 11.0. The number of carbonyl (C=O) groups excluding carboxylic acids is 1. The van der Waals surface area contributed by atoms with Crippen LogP contribution in [0.5, 0.6) is 0 Å². The van der Waals surface area contributed by atoms with Gasteiger partial charge in [0, 0.05) is 31.2 Å². The normalized spacial score (nSPS) is 15.2. The van der Waals surface area contributed by atoms with Gasteiger partial charge in [-0.1, -0.05) is 22.9 Å². The second-order valence-electron chi connectivity index (χ2n) is 6.53. The Kier molecular flexibility index (Phi) is 6.03. The van der Waals surface area contributed by atoms with Crippen molar-refractivity contribution in [3.8, 4) is 0 Å². The summed E-state index contributed by atoms with van der Waals surface area (Å²) in [5.74, 6) is 0.0737. The highest BCUT2D eigenvalue weighted by Gasteiger charge is 2.25. The van der Waals surface area contributed by atoms with E-state index in [1.165, 1.54) is 11.3 Å². The molecule has 0 N–H and O–H groups in total. The van der Waals surface area contributed by atoms with Crippen LogP contribution in [0.15, 0.2) is 33.4 Å². The van der Waals surface area contributed by atoms with Crippen LogP contribution in [-0.2, 0) is 4.74 Å². The maximum absolute atomic E-state index is 13.2. The number of hydrogen-bond donors (Lipinski definition) is 0. The number of anilines is 1. The number of aromatic nitrogens is 1. The van der Waals surface area contributed by atoms with Gasteiger partial charge in [-0.25, -0.2) is 4.98 Å². The number of thiazole rings is 1. The molecular weight excluding hydrogens is 466 g/mol. The molecule has 1 aliphatic heterocycles. The molecule has 1 amide bonds. The molecule has 0 unspecified atom stereocenters. The number of aryl methyl sites for hydroxylation is 1. The number of halogens is 2. The zero-order valence-corrected chi connectivity index (χ0v) is 18.4. The summed E-state index contributed by atoms with van der Waals surface area (Å²) in [5, 5.41) is 1.32. The Labute approximate surface area is 180 Å². The number of hydrogen-bond acceptors (Lipinski definition) is 6. The van der Waals surface area contributed by atoms with Crippen LogP contribution in [0.2, 0.25) is 5.02 Å². The number of carbonyl (C=O) groups is 1. The average molecular weight is 485 g/mol. The molecule has 0 atom stereocenters. The lowest BCUT2D eigenvalue weighted by molar-refractivity contribution is 0.0390. The van der Waals surface area contributed by atoms with Crippen molar-refractivity contribution in [3.05, 3.63) is 45.3 Å². The Hall–Kier alpha value is -1.45. The molecule has 1 aliphatic rings. The van der Waals surface area contributed by atoms with Crippen LogP contribution in [-0.4, -0.2) is 55.2 Å². The van der Waals surface area contributed by atoms with E-state index in [1.54, 1.807) is 17.0 Å². The number of nitrogens with zero attached hydrogens (tertiary/aromatic N) is 3. The van der Waals surface area contributed by atoms with Crippen molar-refractivity contribution in [2.45, 2.75) is 6.92 Å². The van der Waals surface area contributed by atoms with Crippen LogP contribution < -0.4 is 4.90 Å². The van der Waals surface area contributed by atoms with E-state index in [2.05, 4.69) is 20.8 Å². The van der Waals surface area contributed by atoms with Gasteiger partial charge in [0.1, 0.15) is 0 Å². The van der Waals surface area contributed by atoms with Crippen molar-refractivity contribution in [3.63, 3.8) is 0 Å². The van der Waals surface area contributed by atoms with Gasteiger partial charge < -0.3 is 9.15 Å². The van der Waals surface area contributed by atoms with Gasteiger partial charge in [0.25, 0.3) is 5.91 Å². The van der Waals surface area contributed by atoms with Crippen molar-refractivity contribution >= 4 is 60.1 Å². The van der Waals surface area contributed by atoms with E-state index in [0.717, 1.165) is 48.6 Å². The van der Waals surface area contributed by atoms with Crippen LogP contribution in [0.3, 0.4) is 0 Å². The van der Waals surface area contributed by atoms with Gasteiger partial charge in [0.2, 0.25) is 0 Å². The van der Waals surface area contributed by atoms with Gasteiger partial charge >= 0.3 is 0 Å². The number of fused-ring (bicyclic) bond motifs is 1. The number of amides is 1. The number of morpholine rings is 1. The summed E-state index contributed by atoms with van der Waals surface area (Å²) in [4.78, 5) is 21.9. The van der Waals surface area contributed by atoms with Crippen molar-refractivity contribution < 1.29 is 13.9 Å². The maximum atomic E-state index is 13.2. The first-order valence-corrected chi connectivity index (χ1v) is 10.9. The molecule has 0 aliphatic carbocycles. The fourth-order valence-corrected chi connectivity index (χ4v) is 4.63. The maximum Gasteiger partial charge on any atom is 0.295 e. The summed E-state index contributed by atoms with van der Waals surface area (Å²) in [5.41, 5.74) is 1.75. The number of benzene rings is 1. The average Bonchev–Trinajstić information content (AvgIpc) is 3.32. The molecule has 1 aromatic carbocycles. The molecule has 28 heavy (non-hydrogen) atoms. The third-order valence-corrected chi connectivity index (χ3v) is 6.62. The van der Waals surface area contributed by atoms with E-state index in [1.807, 2.05) is 19.1 Å². The first kappa shape index (κ1) is 19.8. The third-order valence-electron chi connectivity index (χ3n) is 4.74. The molecule has 6 nitrogen and oxygen atoms in total. The van der Waals surface area contributed by atoms with E-state index >= 15 is 0 Å². The zero-order valence-electron chi connectivity index (χ0n) is 15.3. The molecular formula is C19H19BrClN3O3S. The van der Waals surface area contributed by atoms with E-state index in [4.69, 9.17) is 25.7 Å². The molecule has 0 spiro atoms. The lowest BCUT2D eigenvalue weighted by atomic mass is 10.2. The first-order valence-electron chi connectivity index (χ1n) is 8.96. The topological polar surface area (TPSA) is 58.8 Å². The predicted molar refractivity (Wildman–Crippen MR) is 115 cm³/mol. The van der Waals surface area contributed by atoms with Crippen molar-refractivity contribution in [2.75, 3.05) is 44.3 Å². The van der Waals surface area contributed by atoms with Gasteiger partial charge in [0.15, 0.2) is 15.6 Å². The molecule has 1 saturated heterocycles. The van der Waals surface area contributed by atoms with Crippen molar-refractivity contribution in [2.24, 2.45) is 0 Å². The largest absolute Gasteiger partial charge is 0.444 e. The molecule has 0 bridgehead atoms. The summed E-state index contributed by atoms with van der Waals surface area (Å²) in [6.45, 7) is 6.37. The summed E-state index contributed by atoms with van der Waals surface area (Å²) in [6, 6.07) is 7.20. The van der Waals surface area contributed by atoms with Gasteiger partial charge in [-0.15, -0.1) is 0 Å². The van der Waals surface area contributed by atoms with Crippen LogP contribution >= 0.6 is 38.9 Å². The molecule has 4 rings (SSSR count). The van der Waals surface area contributed by atoms with Gasteiger partial charge in [-0.3, -0.25) is 14.6 Å². The predicted octanol–water partition coefficient (Wildman–Crippen LogP) is 4.59. The highest BCUT2D eigenvalue weighted by Crippen LogP contribution is 2.34. The fourth-order valence-electron chi connectivity index (χ4n) is 3.12. The Morgan fingerprint density at radius 1 is 1.32 bits per heavy atom. The highest BCUT2D eigenvalue weighted by atomic mass is 79.9. The van der Waals surface area contributed by atoms with E-state index in [0.29, 0.717) is 21.4 Å². The number of furan rings is 1. The quantitative estimate of drug-likeness (QED) is 0.530. The first-order chi connectivity index (χ1) is 13.5. The number of ether oxygens (including phenoxy) is 1. The third kappa shape index (κ3) is 4.11. The monoisotopic (exact) mass is 483 g/mol. The van der Waals surface area contributed by atoms with E-state index in [-0.39, 0.29) is 11.7 Å². The van der Waals surface area contributed by atoms with Crippen LogP contribution in [0, 0.1) is 6.92 Å². The van der Waals surface area contributed by atoms with Gasteiger partial charge in [-0.05, 0) is 52.7 Å². The molecule has 148 valence electrons. The molecule has 3 aromatic rings. The second-order valence-corrected chi connectivity index (χ2v) is 8.73. The highest BCUT2D eigenvalue weighted by molar-refractivity contribution is 9.10. The van der Waals surface area contributed by atoms with Crippen LogP contribution in [0.4, 0.5) is 5.13 Å². The minimum Gasteiger partial charge on any atom is -0.444 e. The molecule has 3 heterocycles. The van der Waals surface area contributed by atoms with E-state index in [9.17, 15) is 4.79 Å². The standard InChI is InChI=1S/C19H19BrClN3O3S/c1-12-13(21)2-4-15-17(12)22-19(28-15)24(7-6-23-8-10-26-11-9-23)18(25)14-3-5-16(20)27-14/h2-5H,6-11H2,1H3. The zero-order chi connectivity index (χ0) is 19.7. The molecule has 1 fully saturated rings. The smallest absolute Gasteiger partial charge is 0.295 e. The summed E-state index contributed by atoms with van der Waals surface area (Å²) < 4.78 is 12.4. The SMILES string of the molecule is Cc1c(Cl)ccc2sc(N(CCN3CCOCC3)C(=O)c3ccc(Br)o3)nc12. The van der Waals surface area contributed by atoms with Crippen LogP contribution in [0.1, 0.15) is 16.1 Å².